The predicted octanol–water partition coefficient (Wildman–Crippen LogP) is -0.146. The van der Waals surface area contributed by atoms with Crippen LogP contribution in [0.4, 0.5) is 0 Å². The standard InChI is InChI=1S/C7H10N2O2/c10-3-6-7(11-4-9-6)5-1-8-2-5/h4-5,8,10H,1-3H2. The van der Waals surface area contributed by atoms with E-state index in [1.165, 1.54) is 6.39 Å². The molecule has 0 radical (unpaired) electrons. The smallest absolute Gasteiger partial charge is 0.181 e. The Morgan fingerprint density at radius 3 is 3.09 bits per heavy atom. The van der Waals surface area contributed by atoms with E-state index < -0.39 is 0 Å². The third kappa shape index (κ3) is 1.04. The monoisotopic (exact) mass is 154 g/mol. The first-order valence-corrected chi connectivity index (χ1v) is 3.65. The molecule has 0 saturated carbocycles. The second-order valence-corrected chi connectivity index (χ2v) is 2.68. The lowest BCUT2D eigenvalue weighted by atomic mass is 9.99. The van der Waals surface area contributed by atoms with Gasteiger partial charge in [-0.15, -0.1) is 0 Å². The first kappa shape index (κ1) is 6.82. The average Bonchev–Trinajstić information content (AvgIpc) is 2.32. The Labute approximate surface area is 64.2 Å². The summed E-state index contributed by atoms with van der Waals surface area (Å²) in [5.74, 6) is 1.26. The van der Waals surface area contributed by atoms with E-state index in [-0.39, 0.29) is 6.61 Å². The molecular formula is C7H10N2O2. The van der Waals surface area contributed by atoms with E-state index in [1.54, 1.807) is 0 Å². The summed E-state index contributed by atoms with van der Waals surface area (Å²) in [6.07, 6.45) is 1.39. The molecule has 1 aliphatic heterocycles. The number of hydrogen-bond acceptors (Lipinski definition) is 4. The zero-order valence-corrected chi connectivity index (χ0v) is 6.08. The van der Waals surface area contributed by atoms with Gasteiger partial charge in [-0.1, -0.05) is 0 Å². The number of rotatable bonds is 2. The molecule has 2 N–H and O–H groups in total. The maximum atomic E-state index is 8.83. The van der Waals surface area contributed by atoms with Crippen molar-refractivity contribution in [3.8, 4) is 0 Å². The third-order valence-corrected chi connectivity index (χ3v) is 1.97. The molecule has 0 spiro atoms. The van der Waals surface area contributed by atoms with Gasteiger partial charge in [0.2, 0.25) is 0 Å². The summed E-state index contributed by atoms with van der Waals surface area (Å²) in [4.78, 5) is 3.89. The van der Waals surface area contributed by atoms with Gasteiger partial charge in [-0.05, 0) is 0 Å². The van der Waals surface area contributed by atoms with Crippen molar-refractivity contribution in [3.05, 3.63) is 17.8 Å². The van der Waals surface area contributed by atoms with Crippen LogP contribution in [0.2, 0.25) is 0 Å². The lowest BCUT2D eigenvalue weighted by Gasteiger charge is -2.25. The second-order valence-electron chi connectivity index (χ2n) is 2.68. The van der Waals surface area contributed by atoms with Gasteiger partial charge in [0.25, 0.3) is 0 Å². The van der Waals surface area contributed by atoms with E-state index in [2.05, 4.69) is 10.3 Å². The molecule has 0 aliphatic carbocycles. The Balaban J connectivity index is 2.20. The van der Waals surface area contributed by atoms with Gasteiger partial charge in [0.15, 0.2) is 6.39 Å². The predicted molar refractivity (Wildman–Crippen MR) is 38.0 cm³/mol. The fraction of sp³-hybridized carbons (Fsp3) is 0.571. The molecule has 0 aromatic carbocycles. The molecule has 1 aromatic heterocycles. The highest BCUT2D eigenvalue weighted by Gasteiger charge is 2.25. The minimum Gasteiger partial charge on any atom is -0.448 e. The number of nitrogens with zero attached hydrogens (tertiary/aromatic N) is 1. The van der Waals surface area contributed by atoms with Gasteiger partial charge < -0.3 is 14.8 Å². The normalized spacial score (nSPS) is 18.3. The molecule has 0 amide bonds. The molecule has 60 valence electrons. The van der Waals surface area contributed by atoms with Crippen molar-refractivity contribution in [2.75, 3.05) is 13.1 Å². The first-order chi connectivity index (χ1) is 5.42. The van der Waals surface area contributed by atoms with Gasteiger partial charge in [0.05, 0.1) is 6.61 Å². The van der Waals surface area contributed by atoms with Crippen molar-refractivity contribution in [2.24, 2.45) is 0 Å². The molecule has 1 saturated heterocycles. The van der Waals surface area contributed by atoms with Crippen LogP contribution < -0.4 is 5.32 Å². The Morgan fingerprint density at radius 1 is 1.73 bits per heavy atom. The number of aliphatic hydroxyl groups is 1. The Bertz CT molecular complexity index is 242. The molecule has 2 heterocycles. The largest absolute Gasteiger partial charge is 0.448 e. The van der Waals surface area contributed by atoms with Crippen LogP contribution in [0.25, 0.3) is 0 Å². The van der Waals surface area contributed by atoms with Crippen LogP contribution in [0.1, 0.15) is 17.4 Å². The molecule has 4 nitrogen and oxygen atoms in total. The van der Waals surface area contributed by atoms with Crippen LogP contribution in [-0.2, 0) is 6.61 Å². The number of nitrogens with one attached hydrogen (secondary N) is 1. The Hall–Kier alpha value is -0.870. The van der Waals surface area contributed by atoms with Crippen molar-refractivity contribution in [1.82, 2.24) is 10.3 Å². The maximum Gasteiger partial charge on any atom is 0.181 e. The minimum absolute atomic E-state index is 0.0255. The van der Waals surface area contributed by atoms with E-state index in [0.717, 1.165) is 18.8 Å². The van der Waals surface area contributed by atoms with Crippen LogP contribution in [-0.4, -0.2) is 23.2 Å². The fourth-order valence-corrected chi connectivity index (χ4v) is 1.20. The topological polar surface area (TPSA) is 58.3 Å². The van der Waals surface area contributed by atoms with E-state index in [4.69, 9.17) is 9.52 Å². The highest BCUT2D eigenvalue weighted by molar-refractivity contribution is 5.15. The summed E-state index contributed by atoms with van der Waals surface area (Å²) in [5, 5.41) is 12.0. The lowest BCUT2D eigenvalue weighted by molar-refractivity contribution is 0.269. The first-order valence-electron chi connectivity index (χ1n) is 3.65. The zero-order valence-electron chi connectivity index (χ0n) is 6.08. The number of oxazole rings is 1. The van der Waals surface area contributed by atoms with Crippen molar-refractivity contribution >= 4 is 0 Å². The minimum atomic E-state index is -0.0255. The summed E-state index contributed by atoms with van der Waals surface area (Å²) < 4.78 is 5.15. The van der Waals surface area contributed by atoms with Crippen LogP contribution in [0.3, 0.4) is 0 Å². The molecule has 1 aromatic rings. The van der Waals surface area contributed by atoms with Crippen molar-refractivity contribution < 1.29 is 9.52 Å². The molecule has 4 heteroatoms. The van der Waals surface area contributed by atoms with Crippen molar-refractivity contribution in [2.45, 2.75) is 12.5 Å². The molecule has 2 rings (SSSR count). The van der Waals surface area contributed by atoms with Crippen LogP contribution in [0.15, 0.2) is 10.8 Å². The molecule has 11 heavy (non-hydrogen) atoms. The Morgan fingerprint density at radius 2 is 2.55 bits per heavy atom. The zero-order chi connectivity index (χ0) is 7.68. The molecule has 1 fully saturated rings. The van der Waals surface area contributed by atoms with Gasteiger partial charge in [0, 0.05) is 19.0 Å². The van der Waals surface area contributed by atoms with E-state index in [1.807, 2.05) is 0 Å². The summed E-state index contributed by atoms with van der Waals surface area (Å²) in [7, 11) is 0. The lowest BCUT2D eigenvalue weighted by Crippen LogP contribution is -2.40. The molecule has 0 unspecified atom stereocenters. The number of aromatic nitrogens is 1. The maximum absolute atomic E-state index is 8.83. The van der Waals surface area contributed by atoms with Crippen LogP contribution >= 0.6 is 0 Å². The molecule has 0 bridgehead atoms. The van der Waals surface area contributed by atoms with E-state index >= 15 is 0 Å². The second kappa shape index (κ2) is 2.64. The summed E-state index contributed by atoms with van der Waals surface area (Å²) >= 11 is 0. The average molecular weight is 154 g/mol. The summed E-state index contributed by atoms with van der Waals surface area (Å²) in [5.41, 5.74) is 0.677. The number of aliphatic hydroxyl groups excluding tert-OH is 1. The van der Waals surface area contributed by atoms with Crippen LogP contribution in [0.5, 0.6) is 0 Å². The fourth-order valence-electron chi connectivity index (χ4n) is 1.20. The van der Waals surface area contributed by atoms with E-state index in [9.17, 15) is 0 Å². The highest BCUT2D eigenvalue weighted by atomic mass is 16.3. The SMILES string of the molecule is OCc1ncoc1C1CNC1. The Kier molecular flexibility index (Phi) is 1.63. The van der Waals surface area contributed by atoms with E-state index in [0.29, 0.717) is 11.6 Å². The number of hydrogen-bond donors (Lipinski definition) is 2. The van der Waals surface area contributed by atoms with Gasteiger partial charge in [-0.2, -0.15) is 0 Å². The summed E-state index contributed by atoms with van der Waals surface area (Å²) in [6, 6.07) is 0. The highest BCUT2D eigenvalue weighted by Crippen LogP contribution is 2.22. The molecule has 1 aliphatic rings. The van der Waals surface area contributed by atoms with Gasteiger partial charge in [-0.3, -0.25) is 0 Å². The van der Waals surface area contributed by atoms with Gasteiger partial charge in [0.1, 0.15) is 11.5 Å². The van der Waals surface area contributed by atoms with Crippen molar-refractivity contribution in [1.29, 1.82) is 0 Å². The van der Waals surface area contributed by atoms with Crippen LogP contribution in [0, 0.1) is 0 Å². The third-order valence-electron chi connectivity index (χ3n) is 1.97. The summed E-state index contributed by atoms with van der Waals surface area (Å²) in [6.45, 7) is 1.84. The molecule has 0 atom stereocenters. The van der Waals surface area contributed by atoms with Gasteiger partial charge >= 0.3 is 0 Å². The van der Waals surface area contributed by atoms with Gasteiger partial charge in [-0.25, -0.2) is 4.98 Å². The molecular weight excluding hydrogens is 144 g/mol. The quantitative estimate of drug-likeness (QED) is 0.622. The van der Waals surface area contributed by atoms with Crippen molar-refractivity contribution in [3.63, 3.8) is 0 Å².